The van der Waals surface area contributed by atoms with E-state index >= 15 is 0 Å². The number of aliphatic hydroxyl groups excluding tert-OH is 1. The number of benzene rings is 2. The van der Waals surface area contributed by atoms with Gasteiger partial charge < -0.3 is 14.7 Å². The highest BCUT2D eigenvalue weighted by Gasteiger charge is 2.39. The number of nitrogens with zero attached hydrogens (tertiary/aromatic N) is 3. The zero-order valence-corrected chi connectivity index (χ0v) is 21.0. The van der Waals surface area contributed by atoms with Crippen molar-refractivity contribution in [2.24, 2.45) is 11.8 Å². The number of carbonyl (C=O) groups excluding carboxylic acids is 1. The van der Waals surface area contributed by atoms with Crippen LogP contribution in [-0.4, -0.2) is 67.5 Å². The highest BCUT2D eigenvalue weighted by Crippen LogP contribution is 2.37. The summed E-state index contributed by atoms with van der Waals surface area (Å²) >= 11 is 0. The van der Waals surface area contributed by atoms with Crippen LogP contribution in [0.5, 0.6) is 5.75 Å². The fraction of sp³-hybridized carbons (Fsp3) is 0.462. The molecular formula is C26H31N3O5S. The second-order valence-electron chi connectivity index (χ2n) is 9.58. The molecule has 2 aromatic carbocycles. The molecular weight excluding hydrogens is 466 g/mol. The Kier molecular flexibility index (Phi) is 7.17. The highest BCUT2D eigenvalue weighted by atomic mass is 32.2. The van der Waals surface area contributed by atoms with E-state index in [4.69, 9.17) is 10.00 Å². The van der Waals surface area contributed by atoms with Crippen molar-refractivity contribution in [2.75, 3.05) is 26.7 Å². The number of hydrogen-bond acceptors (Lipinski definition) is 6. The van der Waals surface area contributed by atoms with Gasteiger partial charge in [0.05, 0.1) is 24.8 Å². The predicted molar refractivity (Wildman–Crippen MR) is 131 cm³/mol. The van der Waals surface area contributed by atoms with E-state index in [9.17, 15) is 18.3 Å². The van der Waals surface area contributed by atoms with Gasteiger partial charge >= 0.3 is 0 Å². The minimum atomic E-state index is -3.94. The second kappa shape index (κ2) is 9.97. The Hall–Kier alpha value is -2.93. The van der Waals surface area contributed by atoms with Crippen LogP contribution in [0.2, 0.25) is 0 Å². The molecule has 4 rings (SSSR count). The first-order valence-corrected chi connectivity index (χ1v) is 13.3. The van der Waals surface area contributed by atoms with Crippen molar-refractivity contribution in [2.45, 2.75) is 43.7 Å². The molecule has 1 heterocycles. The number of rotatable bonds is 6. The summed E-state index contributed by atoms with van der Waals surface area (Å²) in [6.07, 6.45) is 1.36. The van der Waals surface area contributed by atoms with Crippen molar-refractivity contribution in [1.29, 1.82) is 5.26 Å². The van der Waals surface area contributed by atoms with Crippen LogP contribution in [0.3, 0.4) is 0 Å². The third-order valence-electron chi connectivity index (χ3n) is 6.77. The van der Waals surface area contributed by atoms with Crippen molar-refractivity contribution in [1.82, 2.24) is 9.21 Å². The number of hydrogen-bond donors (Lipinski definition) is 1. The van der Waals surface area contributed by atoms with E-state index in [0.717, 1.165) is 24.0 Å². The summed E-state index contributed by atoms with van der Waals surface area (Å²) in [5.41, 5.74) is 2.10. The Morgan fingerprint density at radius 2 is 1.89 bits per heavy atom. The van der Waals surface area contributed by atoms with Crippen LogP contribution in [0.4, 0.5) is 0 Å². The van der Waals surface area contributed by atoms with Gasteiger partial charge in [0.2, 0.25) is 15.9 Å². The molecule has 0 aromatic heterocycles. The van der Waals surface area contributed by atoms with E-state index in [1.54, 1.807) is 55.3 Å². The zero-order valence-electron chi connectivity index (χ0n) is 20.2. The normalized spacial score (nSPS) is 22.6. The Morgan fingerprint density at radius 3 is 2.49 bits per heavy atom. The van der Waals surface area contributed by atoms with Crippen LogP contribution in [0.1, 0.15) is 32.3 Å². The molecule has 2 aliphatic rings. The SMILES string of the molecule is C[C@@H]1CN([C@H](C)CO)S(=O)(=O)c2ccc(-c3ccc(C#N)cc3)cc2O[C@H]1CN(C)C(=O)C1CC1. The van der Waals surface area contributed by atoms with Gasteiger partial charge in [-0.05, 0) is 55.2 Å². The molecule has 1 amide bonds. The first-order valence-electron chi connectivity index (χ1n) is 11.8. The van der Waals surface area contributed by atoms with Gasteiger partial charge in [0.15, 0.2) is 0 Å². The maximum Gasteiger partial charge on any atom is 0.247 e. The standard InChI is InChI=1S/C26H31N3O5S/c1-17-14-29(18(2)16-30)35(32,33)25-11-10-22(20-6-4-19(13-27)5-7-20)12-23(25)34-24(17)15-28(3)26(31)21-8-9-21/h4-7,10-12,17-18,21,24,30H,8-9,14-16H2,1-3H3/t17-,18-,24+/m1/s1. The molecule has 0 spiro atoms. The monoisotopic (exact) mass is 497 g/mol. The zero-order chi connectivity index (χ0) is 25.3. The van der Waals surface area contributed by atoms with Crippen molar-refractivity contribution < 1.29 is 23.1 Å². The van der Waals surface area contributed by atoms with E-state index in [1.165, 1.54) is 10.4 Å². The number of aliphatic hydroxyl groups is 1. The minimum Gasteiger partial charge on any atom is -0.487 e. The average Bonchev–Trinajstić information content (AvgIpc) is 3.70. The molecule has 8 nitrogen and oxygen atoms in total. The van der Waals surface area contributed by atoms with Gasteiger partial charge in [0.1, 0.15) is 16.7 Å². The van der Waals surface area contributed by atoms with E-state index < -0.39 is 22.2 Å². The van der Waals surface area contributed by atoms with E-state index in [-0.39, 0.29) is 41.5 Å². The first kappa shape index (κ1) is 25.2. The lowest BCUT2D eigenvalue weighted by Crippen LogP contribution is -2.50. The van der Waals surface area contributed by atoms with Crippen LogP contribution < -0.4 is 4.74 Å². The van der Waals surface area contributed by atoms with Crippen molar-refractivity contribution in [3.8, 4) is 22.9 Å². The largest absolute Gasteiger partial charge is 0.487 e. The number of fused-ring (bicyclic) bond motifs is 1. The maximum absolute atomic E-state index is 13.6. The lowest BCUT2D eigenvalue weighted by atomic mass is 10.0. The molecule has 1 fully saturated rings. The number of sulfonamides is 1. The summed E-state index contributed by atoms with van der Waals surface area (Å²) in [6, 6.07) is 13.4. The fourth-order valence-electron chi connectivity index (χ4n) is 4.36. The number of carbonyl (C=O) groups is 1. The van der Waals surface area contributed by atoms with Crippen LogP contribution in [0, 0.1) is 23.2 Å². The summed E-state index contributed by atoms with van der Waals surface area (Å²) in [4.78, 5) is 14.3. The molecule has 0 unspecified atom stereocenters. The molecule has 1 aliphatic carbocycles. The smallest absolute Gasteiger partial charge is 0.247 e. The fourth-order valence-corrected chi connectivity index (χ4v) is 6.19. The number of likely N-dealkylation sites (N-methyl/N-ethyl adjacent to an activating group) is 1. The molecule has 186 valence electrons. The number of nitriles is 1. The van der Waals surface area contributed by atoms with Gasteiger partial charge in [-0.25, -0.2) is 8.42 Å². The van der Waals surface area contributed by atoms with Crippen LogP contribution in [-0.2, 0) is 14.8 Å². The summed E-state index contributed by atoms with van der Waals surface area (Å²) in [7, 11) is -2.19. The van der Waals surface area contributed by atoms with E-state index in [0.29, 0.717) is 12.1 Å². The van der Waals surface area contributed by atoms with Crippen LogP contribution in [0.15, 0.2) is 47.4 Å². The topological polar surface area (TPSA) is 111 Å². The molecule has 9 heteroatoms. The molecule has 0 radical (unpaired) electrons. The summed E-state index contributed by atoms with van der Waals surface area (Å²) in [5.74, 6) is 0.138. The highest BCUT2D eigenvalue weighted by molar-refractivity contribution is 7.89. The van der Waals surface area contributed by atoms with Gasteiger partial charge in [0.25, 0.3) is 0 Å². The van der Waals surface area contributed by atoms with Crippen LogP contribution in [0.25, 0.3) is 11.1 Å². The summed E-state index contributed by atoms with van der Waals surface area (Å²) in [5, 5.41) is 18.9. The molecule has 35 heavy (non-hydrogen) atoms. The van der Waals surface area contributed by atoms with Crippen molar-refractivity contribution >= 4 is 15.9 Å². The van der Waals surface area contributed by atoms with Gasteiger partial charge in [-0.3, -0.25) is 4.79 Å². The van der Waals surface area contributed by atoms with Gasteiger partial charge in [-0.15, -0.1) is 0 Å². The van der Waals surface area contributed by atoms with Gasteiger partial charge in [-0.2, -0.15) is 9.57 Å². The maximum atomic E-state index is 13.6. The Bertz CT molecular complexity index is 1230. The quantitative estimate of drug-likeness (QED) is 0.657. The van der Waals surface area contributed by atoms with Gasteiger partial charge in [-0.1, -0.05) is 25.1 Å². The third-order valence-corrected chi connectivity index (χ3v) is 8.79. The molecule has 0 saturated heterocycles. The third kappa shape index (κ3) is 5.20. The molecule has 0 bridgehead atoms. The summed E-state index contributed by atoms with van der Waals surface area (Å²) < 4.78 is 34.9. The predicted octanol–water partition coefficient (Wildman–Crippen LogP) is 2.86. The Morgan fingerprint density at radius 1 is 1.23 bits per heavy atom. The van der Waals surface area contributed by atoms with Crippen molar-refractivity contribution in [3.05, 3.63) is 48.0 Å². The molecule has 1 N–H and O–H groups in total. The number of ether oxygens (including phenoxy) is 1. The average molecular weight is 498 g/mol. The minimum absolute atomic E-state index is 0.0308. The lowest BCUT2D eigenvalue weighted by Gasteiger charge is -2.37. The lowest BCUT2D eigenvalue weighted by molar-refractivity contribution is -0.132. The van der Waals surface area contributed by atoms with E-state index in [1.807, 2.05) is 6.92 Å². The Labute approximate surface area is 206 Å². The first-order chi connectivity index (χ1) is 16.6. The molecule has 1 saturated carbocycles. The van der Waals surface area contributed by atoms with E-state index in [2.05, 4.69) is 6.07 Å². The Balaban J connectivity index is 1.76. The van der Waals surface area contributed by atoms with Gasteiger partial charge in [0, 0.05) is 31.5 Å². The molecule has 3 atom stereocenters. The van der Waals surface area contributed by atoms with Crippen LogP contribution >= 0.6 is 0 Å². The molecule has 1 aliphatic heterocycles. The van der Waals surface area contributed by atoms with Crippen molar-refractivity contribution in [3.63, 3.8) is 0 Å². The number of amides is 1. The second-order valence-corrected chi connectivity index (χ2v) is 11.4. The molecule has 2 aromatic rings. The summed E-state index contributed by atoms with van der Waals surface area (Å²) in [6.45, 7) is 3.77.